The maximum atomic E-state index is 11.0. The molecule has 1 atom stereocenters. The van der Waals surface area contributed by atoms with Gasteiger partial charge in [-0.2, -0.15) is 0 Å². The molecule has 0 aliphatic carbocycles. The summed E-state index contributed by atoms with van der Waals surface area (Å²) in [6.07, 6.45) is 3.24. The molecule has 2 N–H and O–H groups in total. The van der Waals surface area contributed by atoms with Gasteiger partial charge in [-0.3, -0.25) is 10.1 Å². The Hall–Kier alpha value is -1.92. The van der Waals surface area contributed by atoms with Crippen LogP contribution in [0.15, 0.2) is 6.33 Å². The Bertz CT molecular complexity index is 396. The number of aromatic nitrogens is 2. The van der Waals surface area contributed by atoms with Gasteiger partial charge < -0.3 is 10.6 Å². The van der Waals surface area contributed by atoms with Gasteiger partial charge in [0, 0.05) is 13.1 Å². The van der Waals surface area contributed by atoms with E-state index in [0.29, 0.717) is 0 Å². The summed E-state index contributed by atoms with van der Waals surface area (Å²) in [5.41, 5.74) is -0.113. The van der Waals surface area contributed by atoms with Crippen LogP contribution < -0.4 is 10.6 Å². The van der Waals surface area contributed by atoms with Crippen LogP contribution in [0.2, 0.25) is 0 Å². The summed E-state index contributed by atoms with van der Waals surface area (Å²) in [6, 6.07) is 0.137. The highest BCUT2D eigenvalue weighted by molar-refractivity contribution is 5.69. The van der Waals surface area contributed by atoms with Gasteiger partial charge in [0.25, 0.3) is 0 Å². The molecule has 0 radical (unpaired) electrons. The second-order valence-corrected chi connectivity index (χ2v) is 3.76. The number of nitrogens with one attached hydrogen (secondary N) is 2. The van der Waals surface area contributed by atoms with E-state index < -0.39 is 4.92 Å². The minimum atomic E-state index is -0.479. The van der Waals surface area contributed by atoms with Crippen LogP contribution >= 0.6 is 0 Å². The molecule has 0 fully saturated rings. The van der Waals surface area contributed by atoms with Crippen molar-refractivity contribution < 1.29 is 4.92 Å². The van der Waals surface area contributed by atoms with E-state index in [-0.39, 0.29) is 23.4 Å². The number of nitrogens with zero attached hydrogens (tertiary/aromatic N) is 3. The fraction of sp³-hybridized carbons (Fsp3) is 0.600. The van der Waals surface area contributed by atoms with E-state index in [1.54, 1.807) is 7.05 Å². The molecule has 17 heavy (non-hydrogen) atoms. The van der Waals surface area contributed by atoms with Crippen LogP contribution in [-0.4, -0.2) is 28.0 Å². The Balaban J connectivity index is 3.02. The van der Waals surface area contributed by atoms with Crippen LogP contribution in [0.3, 0.4) is 0 Å². The molecule has 1 rings (SSSR count). The zero-order chi connectivity index (χ0) is 12.8. The maximum absolute atomic E-state index is 11.0. The second kappa shape index (κ2) is 5.97. The molecule has 1 aromatic heterocycles. The van der Waals surface area contributed by atoms with E-state index in [1.807, 2.05) is 6.92 Å². The standard InChI is InChI=1S/C10H17N5O2/c1-4-5-7(2)14-10-8(15(16)17)9(11-3)12-6-13-10/h6-7H,4-5H2,1-3H3,(H2,11,12,13,14). The first-order valence-corrected chi connectivity index (χ1v) is 5.53. The lowest BCUT2D eigenvalue weighted by Gasteiger charge is -2.13. The minimum absolute atomic E-state index is 0.113. The first kappa shape index (κ1) is 13.1. The third-order valence-corrected chi connectivity index (χ3v) is 2.35. The summed E-state index contributed by atoms with van der Waals surface area (Å²) in [7, 11) is 1.59. The first-order valence-electron chi connectivity index (χ1n) is 5.53. The van der Waals surface area contributed by atoms with Gasteiger partial charge in [-0.25, -0.2) is 9.97 Å². The van der Waals surface area contributed by atoms with Crippen LogP contribution in [0.25, 0.3) is 0 Å². The fourth-order valence-electron chi connectivity index (χ4n) is 1.58. The number of hydrogen-bond donors (Lipinski definition) is 2. The zero-order valence-electron chi connectivity index (χ0n) is 10.2. The van der Waals surface area contributed by atoms with Crippen LogP contribution in [0.1, 0.15) is 26.7 Å². The smallest absolute Gasteiger partial charge is 0.353 e. The number of hydrogen-bond acceptors (Lipinski definition) is 6. The van der Waals surface area contributed by atoms with Gasteiger partial charge in [-0.1, -0.05) is 13.3 Å². The van der Waals surface area contributed by atoms with Crippen LogP contribution in [-0.2, 0) is 0 Å². The second-order valence-electron chi connectivity index (χ2n) is 3.76. The Kier molecular flexibility index (Phi) is 4.62. The third kappa shape index (κ3) is 3.27. The van der Waals surface area contributed by atoms with Gasteiger partial charge in [-0.15, -0.1) is 0 Å². The predicted molar refractivity (Wildman–Crippen MR) is 66.2 cm³/mol. The van der Waals surface area contributed by atoms with Crippen LogP contribution in [0, 0.1) is 10.1 Å². The van der Waals surface area contributed by atoms with E-state index in [1.165, 1.54) is 6.33 Å². The van der Waals surface area contributed by atoms with Crippen molar-refractivity contribution in [2.24, 2.45) is 0 Å². The minimum Gasteiger partial charge on any atom is -0.367 e. The molecule has 0 spiro atoms. The lowest BCUT2D eigenvalue weighted by atomic mass is 10.2. The van der Waals surface area contributed by atoms with Gasteiger partial charge >= 0.3 is 5.69 Å². The Morgan fingerprint density at radius 2 is 2.12 bits per heavy atom. The highest BCUT2D eigenvalue weighted by Gasteiger charge is 2.22. The van der Waals surface area contributed by atoms with Crippen molar-refractivity contribution in [2.75, 3.05) is 17.7 Å². The monoisotopic (exact) mass is 239 g/mol. The summed E-state index contributed by atoms with van der Waals surface area (Å²) in [4.78, 5) is 18.3. The molecular weight excluding hydrogens is 222 g/mol. The van der Waals surface area contributed by atoms with E-state index in [2.05, 4.69) is 27.5 Å². The predicted octanol–water partition coefficient (Wildman–Crippen LogP) is 2.03. The van der Waals surface area contributed by atoms with Crippen molar-refractivity contribution in [1.82, 2.24) is 9.97 Å². The number of nitro groups is 1. The Labute approximate surface area is 99.8 Å². The van der Waals surface area contributed by atoms with Crippen molar-refractivity contribution in [2.45, 2.75) is 32.7 Å². The molecule has 94 valence electrons. The van der Waals surface area contributed by atoms with Gasteiger partial charge in [0.1, 0.15) is 6.33 Å². The van der Waals surface area contributed by atoms with E-state index >= 15 is 0 Å². The molecular formula is C10H17N5O2. The molecule has 0 saturated heterocycles. The van der Waals surface area contributed by atoms with Crippen molar-refractivity contribution in [3.8, 4) is 0 Å². The highest BCUT2D eigenvalue weighted by atomic mass is 16.6. The molecule has 1 unspecified atom stereocenters. The molecule has 0 aromatic carbocycles. The fourth-order valence-corrected chi connectivity index (χ4v) is 1.58. The summed E-state index contributed by atoms with van der Waals surface area (Å²) >= 11 is 0. The van der Waals surface area contributed by atoms with Crippen molar-refractivity contribution >= 4 is 17.3 Å². The molecule has 7 nitrogen and oxygen atoms in total. The molecule has 0 amide bonds. The Morgan fingerprint density at radius 1 is 1.47 bits per heavy atom. The Morgan fingerprint density at radius 3 is 2.65 bits per heavy atom. The van der Waals surface area contributed by atoms with E-state index in [0.717, 1.165) is 12.8 Å². The average Bonchev–Trinajstić information content (AvgIpc) is 2.28. The summed E-state index contributed by atoms with van der Waals surface area (Å²) in [5, 5.41) is 16.7. The summed E-state index contributed by atoms with van der Waals surface area (Å²) < 4.78 is 0. The molecule has 0 saturated carbocycles. The van der Waals surface area contributed by atoms with Crippen molar-refractivity contribution in [3.63, 3.8) is 0 Å². The molecule has 0 aliphatic rings. The van der Waals surface area contributed by atoms with E-state index in [9.17, 15) is 10.1 Å². The summed E-state index contributed by atoms with van der Waals surface area (Å²) in [6.45, 7) is 4.03. The normalized spacial score (nSPS) is 11.9. The number of rotatable bonds is 6. The van der Waals surface area contributed by atoms with Crippen molar-refractivity contribution in [1.29, 1.82) is 0 Å². The zero-order valence-corrected chi connectivity index (χ0v) is 10.2. The summed E-state index contributed by atoms with van der Waals surface area (Å²) in [5.74, 6) is 0.478. The lowest BCUT2D eigenvalue weighted by Crippen LogP contribution is -2.17. The first-order chi connectivity index (χ1) is 8.10. The maximum Gasteiger partial charge on any atom is 0.353 e. The lowest BCUT2D eigenvalue weighted by molar-refractivity contribution is -0.383. The largest absolute Gasteiger partial charge is 0.367 e. The molecule has 0 aliphatic heterocycles. The van der Waals surface area contributed by atoms with Crippen molar-refractivity contribution in [3.05, 3.63) is 16.4 Å². The van der Waals surface area contributed by atoms with Gasteiger partial charge in [0.05, 0.1) is 4.92 Å². The van der Waals surface area contributed by atoms with Crippen LogP contribution in [0.5, 0.6) is 0 Å². The quantitative estimate of drug-likeness (QED) is 0.582. The van der Waals surface area contributed by atoms with Gasteiger partial charge in [-0.05, 0) is 13.3 Å². The average molecular weight is 239 g/mol. The van der Waals surface area contributed by atoms with Crippen LogP contribution in [0.4, 0.5) is 17.3 Å². The molecule has 1 aromatic rings. The molecule has 0 bridgehead atoms. The molecule has 7 heteroatoms. The SMILES string of the molecule is CCCC(C)Nc1ncnc(NC)c1[N+](=O)[O-]. The topological polar surface area (TPSA) is 93.0 Å². The van der Waals surface area contributed by atoms with Gasteiger partial charge in [0.15, 0.2) is 0 Å². The van der Waals surface area contributed by atoms with E-state index in [4.69, 9.17) is 0 Å². The third-order valence-electron chi connectivity index (χ3n) is 2.35. The molecule has 1 heterocycles. The van der Waals surface area contributed by atoms with Gasteiger partial charge in [0.2, 0.25) is 11.6 Å². The number of anilines is 2. The highest BCUT2D eigenvalue weighted by Crippen LogP contribution is 2.28.